The summed E-state index contributed by atoms with van der Waals surface area (Å²) < 4.78 is 44.5. The summed E-state index contributed by atoms with van der Waals surface area (Å²) in [6, 6.07) is 3.64. The van der Waals surface area contributed by atoms with Crippen LogP contribution in [0.5, 0.6) is 0 Å². The average Bonchev–Trinajstić information content (AvgIpc) is 3.17. The molecule has 11 heteroatoms. The second-order valence-corrected chi connectivity index (χ2v) is 9.94. The van der Waals surface area contributed by atoms with Gasteiger partial charge in [0.1, 0.15) is 5.82 Å². The Balaban J connectivity index is 1.76. The molecule has 3 aromatic rings. The van der Waals surface area contributed by atoms with Gasteiger partial charge in [-0.2, -0.15) is 13.2 Å². The van der Waals surface area contributed by atoms with Crippen LogP contribution in [-0.2, 0) is 31.9 Å². The summed E-state index contributed by atoms with van der Waals surface area (Å²) in [4.78, 5) is 19.3. The minimum absolute atomic E-state index is 0.0893. The SMILES string of the molecule is Cn1c(=O)n(CC(C)(C)C)c2ccc(N3Cc4nnc(C(F)(F)F)n4C(C)(C)C3)nc21. The molecule has 0 saturated heterocycles. The highest BCUT2D eigenvalue weighted by molar-refractivity contribution is 5.74. The summed E-state index contributed by atoms with van der Waals surface area (Å²) in [5.74, 6) is -0.186. The molecule has 168 valence electrons. The zero-order valence-electron chi connectivity index (χ0n) is 18.4. The summed E-state index contributed by atoms with van der Waals surface area (Å²) in [5, 5.41) is 7.20. The predicted octanol–water partition coefficient (Wildman–Crippen LogP) is 3.15. The Labute approximate surface area is 177 Å². The molecule has 0 atom stereocenters. The van der Waals surface area contributed by atoms with E-state index in [9.17, 15) is 18.0 Å². The molecule has 3 aromatic heterocycles. The minimum atomic E-state index is -4.57. The Bertz CT molecular complexity index is 1210. The van der Waals surface area contributed by atoms with Gasteiger partial charge in [-0.3, -0.25) is 13.7 Å². The first kappa shape index (κ1) is 21.4. The molecular formula is C20H26F3N7O. The van der Waals surface area contributed by atoms with Crippen molar-refractivity contribution in [2.75, 3.05) is 11.4 Å². The zero-order chi connectivity index (χ0) is 22.9. The molecular weight excluding hydrogens is 411 g/mol. The minimum Gasteiger partial charge on any atom is -0.347 e. The van der Waals surface area contributed by atoms with Crippen molar-refractivity contribution in [3.63, 3.8) is 0 Å². The van der Waals surface area contributed by atoms with E-state index in [1.54, 1.807) is 31.5 Å². The van der Waals surface area contributed by atoms with Crippen molar-refractivity contribution in [2.45, 2.75) is 59.4 Å². The molecule has 0 aromatic carbocycles. The van der Waals surface area contributed by atoms with Gasteiger partial charge in [-0.15, -0.1) is 10.2 Å². The Hall–Kier alpha value is -2.85. The fourth-order valence-corrected chi connectivity index (χ4v) is 4.23. The summed E-state index contributed by atoms with van der Waals surface area (Å²) >= 11 is 0. The zero-order valence-corrected chi connectivity index (χ0v) is 18.4. The lowest BCUT2D eigenvalue weighted by Gasteiger charge is -2.40. The fraction of sp³-hybridized carbons (Fsp3) is 0.600. The maximum absolute atomic E-state index is 13.4. The van der Waals surface area contributed by atoms with Crippen LogP contribution < -0.4 is 10.6 Å². The lowest BCUT2D eigenvalue weighted by Crippen LogP contribution is -2.48. The number of aromatic nitrogens is 6. The predicted molar refractivity (Wildman–Crippen MR) is 110 cm³/mol. The van der Waals surface area contributed by atoms with E-state index in [0.717, 1.165) is 10.1 Å². The van der Waals surface area contributed by atoms with E-state index in [0.29, 0.717) is 18.0 Å². The number of hydrogen-bond acceptors (Lipinski definition) is 5. The molecule has 4 heterocycles. The van der Waals surface area contributed by atoms with Crippen molar-refractivity contribution >= 4 is 17.0 Å². The highest BCUT2D eigenvalue weighted by Gasteiger charge is 2.45. The van der Waals surface area contributed by atoms with E-state index in [4.69, 9.17) is 4.98 Å². The molecule has 1 aliphatic rings. The van der Waals surface area contributed by atoms with Crippen molar-refractivity contribution in [2.24, 2.45) is 12.5 Å². The first-order valence-corrected chi connectivity index (χ1v) is 10.0. The number of fused-ring (bicyclic) bond motifs is 2. The summed E-state index contributed by atoms with van der Waals surface area (Å²) in [6.07, 6.45) is -4.57. The topological polar surface area (TPSA) is 73.8 Å². The van der Waals surface area contributed by atoms with Gasteiger partial charge in [0.25, 0.3) is 0 Å². The van der Waals surface area contributed by atoms with Gasteiger partial charge in [-0.25, -0.2) is 9.78 Å². The second kappa shape index (κ2) is 6.57. The molecule has 0 bridgehead atoms. The van der Waals surface area contributed by atoms with Crippen LogP contribution in [0.15, 0.2) is 16.9 Å². The molecule has 0 amide bonds. The van der Waals surface area contributed by atoms with Crippen LogP contribution in [0.4, 0.5) is 19.0 Å². The molecule has 8 nitrogen and oxygen atoms in total. The normalized spacial score (nSPS) is 16.7. The van der Waals surface area contributed by atoms with Crippen molar-refractivity contribution in [3.05, 3.63) is 34.3 Å². The summed E-state index contributed by atoms with van der Waals surface area (Å²) in [5.41, 5.74) is 0.122. The van der Waals surface area contributed by atoms with Crippen LogP contribution in [0.1, 0.15) is 46.3 Å². The summed E-state index contributed by atoms with van der Waals surface area (Å²) in [7, 11) is 1.67. The molecule has 4 rings (SSSR count). The van der Waals surface area contributed by atoms with Crippen molar-refractivity contribution in [3.8, 4) is 0 Å². The molecule has 31 heavy (non-hydrogen) atoms. The molecule has 0 fully saturated rings. The monoisotopic (exact) mass is 437 g/mol. The van der Waals surface area contributed by atoms with Gasteiger partial charge in [-0.1, -0.05) is 20.8 Å². The van der Waals surface area contributed by atoms with E-state index in [-0.39, 0.29) is 30.0 Å². The fourth-order valence-electron chi connectivity index (χ4n) is 4.23. The number of hydrogen-bond donors (Lipinski definition) is 0. The smallest absolute Gasteiger partial charge is 0.347 e. The van der Waals surface area contributed by atoms with Crippen LogP contribution >= 0.6 is 0 Å². The quantitative estimate of drug-likeness (QED) is 0.616. The molecule has 0 aliphatic carbocycles. The standard InChI is InChI=1S/C20H26F3N7O/c1-18(2,3)10-29-12-7-8-13(24-15(12)27(6)17(29)31)28-9-14-25-26-16(20(21,22)23)30(14)19(4,5)11-28/h7-8H,9-11H2,1-6H3. The maximum Gasteiger partial charge on any atom is 0.451 e. The number of pyridine rings is 1. The van der Waals surface area contributed by atoms with Crippen molar-refractivity contribution < 1.29 is 13.2 Å². The molecule has 0 N–H and O–H groups in total. The Morgan fingerprint density at radius 3 is 2.42 bits per heavy atom. The van der Waals surface area contributed by atoms with Gasteiger partial charge in [0.2, 0.25) is 5.82 Å². The Kier molecular flexibility index (Phi) is 4.53. The van der Waals surface area contributed by atoms with Crippen LogP contribution in [0.3, 0.4) is 0 Å². The number of halogens is 3. The largest absolute Gasteiger partial charge is 0.451 e. The molecule has 0 unspecified atom stereocenters. The van der Waals surface area contributed by atoms with Gasteiger partial charge in [-0.05, 0) is 31.4 Å². The number of alkyl halides is 3. The van der Waals surface area contributed by atoms with Gasteiger partial charge < -0.3 is 4.90 Å². The van der Waals surface area contributed by atoms with Gasteiger partial charge in [0.05, 0.1) is 17.6 Å². The number of anilines is 1. The van der Waals surface area contributed by atoms with Crippen LogP contribution in [0.2, 0.25) is 0 Å². The second-order valence-electron chi connectivity index (χ2n) is 9.94. The van der Waals surface area contributed by atoms with Crippen LogP contribution in [0, 0.1) is 5.41 Å². The first-order chi connectivity index (χ1) is 14.2. The molecule has 0 spiro atoms. The number of imidazole rings is 1. The lowest BCUT2D eigenvalue weighted by molar-refractivity contribution is -0.149. The average molecular weight is 437 g/mol. The van der Waals surface area contributed by atoms with Crippen LogP contribution in [-0.4, -0.2) is 35.4 Å². The van der Waals surface area contributed by atoms with Gasteiger partial charge in [0, 0.05) is 20.1 Å². The Morgan fingerprint density at radius 1 is 1.13 bits per heavy atom. The van der Waals surface area contributed by atoms with E-state index in [1.807, 2.05) is 11.0 Å². The number of nitrogens with zero attached hydrogens (tertiary/aromatic N) is 7. The summed E-state index contributed by atoms with van der Waals surface area (Å²) in [6.45, 7) is 10.6. The molecule has 0 radical (unpaired) electrons. The third-order valence-electron chi connectivity index (χ3n) is 5.42. The lowest BCUT2D eigenvalue weighted by atomic mass is 9.97. The van der Waals surface area contributed by atoms with E-state index >= 15 is 0 Å². The number of aryl methyl sites for hydroxylation is 1. The number of rotatable bonds is 2. The molecule has 1 aliphatic heterocycles. The Morgan fingerprint density at radius 2 is 1.81 bits per heavy atom. The van der Waals surface area contributed by atoms with E-state index in [1.165, 1.54) is 4.57 Å². The first-order valence-electron chi connectivity index (χ1n) is 10.0. The van der Waals surface area contributed by atoms with Crippen molar-refractivity contribution in [1.82, 2.24) is 28.9 Å². The van der Waals surface area contributed by atoms with Gasteiger partial charge >= 0.3 is 11.9 Å². The third kappa shape index (κ3) is 3.59. The van der Waals surface area contributed by atoms with Crippen LogP contribution in [0.25, 0.3) is 11.2 Å². The highest BCUT2D eigenvalue weighted by atomic mass is 19.4. The highest BCUT2D eigenvalue weighted by Crippen LogP contribution is 2.36. The maximum atomic E-state index is 13.4. The third-order valence-corrected chi connectivity index (χ3v) is 5.42. The molecule has 0 saturated carbocycles. The van der Waals surface area contributed by atoms with Crippen molar-refractivity contribution in [1.29, 1.82) is 0 Å². The van der Waals surface area contributed by atoms with E-state index < -0.39 is 17.5 Å². The van der Waals surface area contributed by atoms with Gasteiger partial charge in [0.15, 0.2) is 11.5 Å². The van der Waals surface area contributed by atoms with E-state index in [2.05, 4.69) is 31.0 Å².